The summed E-state index contributed by atoms with van der Waals surface area (Å²) < 4.78 is 23.9. The van der Waals surface area contributed by atoms with E-state index in [0.29, 0.717) is 0 Å². The van der Waals surface area contributed by atoms with Gasteiger partial charge in [0.05, 0.1) is 0 Å². The van der Waals surface area contributed by atoms with Crippen molar-refractivity contribution < 1.29 is 37.1 Å². The first-order chi connectivity index (χ1) is 9.84. The highest BCUT2D eigenvalue weighted by molar-refractivity contribution is 5.89. The van der Waals surface area contributed by atoms with Crippen molar-refractivity contribution in [3.8, 4) is 0 Å². The standard InChI is InChI=1S/C12H20O7/c1-4-6(13)8(15)9-10(16)12(17,7(14)5-2)11(18-3)19-9/h8-11,15-17H,4-5H2,1-3H3/t8?,9-,10-,11?,12-/m1/s1/i1D,2D. The summed E-state index contributed by atoms with van der Waals surface area (Å²) in [6.45, 7) is -0.538. The molecule has 19 heavy (non-hydrogen) atoms. The van der Waals surface area contributed by atoms with E-state index in [1.807, 2.05) is 0 Å². The number of carbonyl (C=O) groups excluding carboxylic acids is 2. The van der Waals surface area contributed by atoms with Gasteiger partial charge < -0.3 is 24.8 Å². The van der Waals surface area contributed by atoms with Crippen molar-refractivity contribution in [2.75, 3.05) is 7.11 Å². The van der Waals surface area contributed by atoms with Crippen molar-refractivity contribution in [2.24, 2.45) is 0 Å². The Balaban J connectivity index is 2.98. The molecule has 0 spiro atoms. The highest BCUT2D eigenvalue weighted by Gasteiger charge is 2.61. The Kier molecular flexibility index (Phi) is 4.19. The molecule has 110 valence electrons. The first-order valence-electron chi connectivity index (χ1n) is 7.17. The topological polar surface area (TPSA) is 113 Å². The summed E-state index contributed by atoms with van der Waals surface area (Å²) in [5.41, 5.74) is -2.44. The Labute approximate surface area is 113 Å². The van der Waals surface area contributed by atoms with E-state index in [-0.39, 0.29) is 26.6 Å². The fourth-order valence-corrected chi connectivity index (χ4v) is 2.02. The Bertz CT molecular complexity index is 392. The number of aliphatic hydroxyl groups excluding tert-OH is 2. The minimum atomic E-state index is -2.44. The molecule has 1 aliphatic heterocycles. The second kappa shape index (κ2) is 6.06. The molecule has 0 radical (unpaired) electrons. The first-order valence-corrected chi connectivity index (χ1v) is 5.75. The van der Waals surface area contributed by atoms with Crippen LogP contribution in [0.3, 0.4) is 0 Å². The number of hydrogen-bond donors (Lipinski definition) is 3. The molecule has 0 aromatic heterocycles. The molecule has 2 unspecified atom stereocenters. The molecule has 7 heteroatoms. The van der Waals surface area contributed by atoms with Crippen LogP contribution in [0.2, 0.25) is 0 Å². The molecule has 1 saturated heterocycles. The van der Waals surface area contributed by atoms with Crippen LogP contribution in [0.15, 0.2) is 0 Å². The van der Waals surface area contributed by atoms with Gasteiger partial charge in [-0.1, -0.05) is 13.8 Å². The van der Waals surface area contributed by atoms with Crippen LogP contribution in [-0.4, -0.2) is 64.2 Å². The van der Waals surface area contributed by atoms with Gasteiger partial charge in [-0.3, -0.25) is 9.59 Å². The fourth-order valence-electron chi connectivity index (χ4n) is 2.02. The average Bonchev–Trinajstić information content (AvgIpc) is 2.72. The zero-order valence-electron chi connectivity index (χ0n) is 12.6. The maximum absolute atomic E-state index is 11.9. The van der Waals surface area contributed by atoms with Crippen molar-refractivity contribution in [3.63, 3.8) is 0 Å². The van der Waals surface area contributed by atoms with Crippen LogP contribution in [0.4, 0.5) is 0 Å². The quantitative estimate of drug-likeness (QED) is 0.557. The average molecular weight is 278 g/mol. The summed E-state index contributed by atoms with van der Waals surface area (Å²) in [6, 6.07) is 0. The zero-order valence-corrected chi connectivity index (χ0v) is 10.6. The van der Waals surface area contributed by atoms with Gasteiger partial charge in [-0.25, -0.2) is 0 Å². The van der Waals surface area contributed by atoms with Crippen LogP contribution in [0.1, 0.15) is 29.4 Å². The molecule has 1 aliphatic rings. The Hall–Kier alpha value is -0.860. The Morgan fingerprint density at radius 1 is 1.47 bits per heavy atom. The second-order valence-corrected chi connectivity index (χ2v) is 4.27. The van der Waals surface area contributed by atoms with Crippen molar-refractivity contribution in [3.05, 3.63) is 0 Å². The van der Waals surface area contributed by atoms with Crippen LogP contribution in [0.5, 0.6) is 0 Å². The minimum absolute atomic E-state index is 0.242. The third kappa shape index (κ3) is 2.56. The highest BCUT2D eigenvalue weighted by atomic mass is 16.7. The first kappa shape index (κ1) is 13.1. The molecule has 1 fully saturated rings. The van der Waals surface area contributed by atoms with Gasteiger partial charge in [-0.2, -0.15) is 0 Å². The highest BCUT2D eigenvalue weighted by Crippen LogP contribution is 2.35. The van der Waals surface area contributed by atoms with Crippen molar-refractivity contribution in [2.45, 2.75) is 56.8 Å². The monoisotopic (exact) mass is 278 g/mol. The molecule has 0 saturated carbocycles. The van der Waals surface area contributed by atoms with Crippen LogP contribution in [0, 0.1) is 0 Å². The Morgan fingerprint density at radius 3 is 2.63 bits per heavy atom. The molecule has 1 heterocycles. The number of hydrogen-bond acceptors (Lipinski definition) is 7. The zero-order chi connectivity index (χ0) is 16.2. The lowest BCUT2D eigenvalue weighted by molar-refractivity contribution is -0.199. The van der Waals surface area contributed by atoms with Gasteiger partial charge in [0.25, 0.3) is 0 Å². The van der Waals surface area contributed by atoms with Crippen molar-refractivity contribution in [1.82, 2.24) is 0 Å². The lowest BCUT2D eigenvalue weighted by atomic mass is 9.87. The van der Waals surface area contributed by atoms with Crippen LogP contribution in [0.25, 0.3) is 0 Å². The summed E-state index contributed by atoms with van der Waals surface area (Å²) in [7, 11) is 1.14. The number of ether oxygens (including phenoxy) is 2. The summed E-state index contributed by atoms with van der Waals surface area (Å²) in [5, 5.41) is 30.3. The normalized spacial score (nSPS) is 37.6. The van der Waals surface area contributed by atoms with Crippen molar-refractivity contribution >= 4 is 11.6 Å². The van der Waals surface area contributed by atoms with E-state index in [2.05, 4.69) is 0 Å². The van der Waals surface area contributed by atoms with Crippen LogP contribution < -0.4 is 0 Å². The number of aliphatic hydroxyl groups is 3. The van der Waals surface area contributed by atoms with Gasteiger partial charge in [-0.15, -0.1) is 0 Å². The van der Waals surface area contributed by atoms with E-state index in [1.54, 1.807) is 0 Å². The van der Waals surface area contributed by atoms with Gasteiger partial charge in [0, 0.05) is 22.7 Å². The number of Topliss-reactive ketones (excluding diaryl/α,β-unsaturated/α-hetero) is 2. The maximum Gasteiger partial charge on any atom is 0.202 e. The molecule has 0 aliphatic carbocycles. The molecule has 0 bridgehead atoms. The molecular formula is C12H20O7. The van der Waals surface area contributed by atoms with Crippen molar-refractivity contribution in [1.29, 1.82) is 0 Å². The molecule has 5 atom stereocenters. The predicted octanol–water partition coefficient (Wildman–Crippen LogP) is -1.23. The van der Waals surface area contributed by atoms with E-state index >= 15 is 0 Å². The SMILES string of the molecule is [2H]CCC(=O)C(O)[C@H]1OC(OC)[C@@](O)(C(=O)CC[2H])[C@@H]1O. The van der Waals surface area contributed by atoms with Gasteiger partial charge in [0.15, 0.2) is 17.9 Å². The Morgan fingerprint density at radius 2 is 2.11 bits per heavy atom. The fraction of sp³-hybridized carbons (Fsp3) is 0.833. The lowest BCUT2D eigenvalue weighted by Crippen LogP contribution is -2.56. The summed E-state index contributed by atoms with van der Waals surface area (Å²) >= 11 is 0. The minimum Gasteiger partial charge on any atom is -0.387 e. The van der Waals surface area contributed by atoms with E-state index in [0.717, 1.165) is 7.11 Å². The second-order valence-electron chi connectivity index (χ2n) is 4.27. The number of ketones is 2. The van der Waals surface area contributed by atoms with E-state index < -0.39 is 41.8 Å². The molecule has 0 aromatic carbocycles. The third-order valence-corrected chi connectivity index (χ3v) is 3.18. The number of carbonyl (C=O) groups is 2. The lowest BCUT2D eigenvalue weighted by Gasteiger charge is -2.28. The molecule has 7 nitrogen and oxygen atoms in total. The summed E-state index contributed by atoms with van der Waals surface area (Å²) in [6.07, 6.45) is -7.30. The van der Waals surface area contributed by atoms with Crippen LogP contribution in [-0.2, 0) is 19.1 Å². The number of methoxy groups -OCH3 is 1. The predicted molar refractivity (Wildman–Crippen MR) is 63.2 cm³/mol. The van der Waals surface area contributed by atoms with Gasteiger partial charge in [0.1, 0.15) is 18.3 Å². The van der Waals surface area contributed by atoms with Gasteiger partial charge in [0.2, 0.25) is 5.60 Å². The largest absolute Gasteiger partial charge is 0.387 e. The van der Waals surface area contributed by atoms with Crippen LogP contribution >= 0.6 is 0 Å². The number of rotatable bonds is 6. The molecule has 3 N–H and O–H groups in total. The molecule has 0 aromatic rings. The summed E-state index contributed by atoms with van der Waals surface area (Å²) in [4.78, 5) is 23.5. The third-order valence-electron chi connectivity index (χ3n) is 3.18. The van der Waals surface area contributed by atoms with E-state index in [9.17, 15) is 24.9 Å². The van der Waals surface area contributed by atoms with Gasteiger partial charge in [-0.05, 0) is 0 Å². The van der Waals surface area contributed by atoms with Gasteiger partial charge >= 0.3 is 0 Å². The molecular weight excluding hydrogens is 256 g/mol. The van der Waals surface area contributed by atoms with E-state index in [1.165, 1.54) is 0 Å². The van der Waals surface area contributed by atoms with E-state index in [4.69, 9.17) is 12.2 Å². The smallest absolute Gasteiger partial charge is 0.202 e. The molecule has 0 amide bonds. The molecule has 1 rings (SSSR count). The summed E-state index contributed by atoms with van der Waals surface area (Å²) in [5.74, 6) is -1.60. The maximum atomic E-state index is 11.9.